The number of aryl methyl sites for hydroxylation is 1. The van der Waals surface area contributed by atoms with E-state index in [0.717, 1.165) is 0 Å². The normalized spacial score (nSPS) is 16.0. The maximum absolute atomic E-state index is 9.40. The van der Waals surface area contributed by atoms with E-state index in [2.05, 4.69) is 9.97 Å². The Balaban J connectivity index is 2.70. The summed E-state index contributed by atoms with van der Waals surface area (Å²) >= 11 is 5.36. The number of imidazole rings is 1. The van der Waals surface area contributed by atoms with Crippen molar-refractivity contribution in [2.45, 2.75) is 19.1 Å². The van der Waals surface area contributed by atoms with E-state index in [1.165, 1.54) is 6.20 Å². The smallest absolute Gasteiger partial charge is 0.122 e. The Morgan fingerprint density at radius 1 is 1.67 bits per heavy atom. The first-order chi connectivity index (χ1) is 5.65. The number of aliphatic hydroxyl groups excluding tert-OH is 2. The van der Waals surface area contributed by atoms with Crippen LogP contribution in [0.4, 0.5) is 0 Å². The van der Waals surface area contributed by atoms with E-state index in [4.69, 9.17) is 16.7 Å². The average Bonchev–Trinajstić information content (AvgIpc) is 2.49. The number of alkyl halides is 1. The maximum atomic E-state index is 9.40. The quantitative estimate of drug-likeness (QED) is 0.603. The van der Waals surface area contributed by atoms with Gasteiger partial charge in [-0.2, -0.15) is 0 Å². The first kappa shape index (κ1) is 9.51. The van der Waals surface area contributed by atoms with Gasteiger partial charge in [0.1, 0.15) is 11.9 Å². The second-order valence-electron chi connectivity index (χ2n) is 2.59. The summed E-state index contributed by atoms with van der Waals surface area (Å²) in [6.07, 6.45) is -0.453. The van der Waals surface area contributed by atoms with E-state index >= 15 is 0 Å². The van der Waals surface area contributed by atoms with Gasteiger partial charge in [0.25, 0.3) is 0 Å². The van der Waals surface area contributed by atoms with Crippen molar-refractivity contribution in [3.05, 3.63) is 17.7 Å². The highest BCUT2D eigenvalue weighted by Crippen LogP contribution is 2.15. The summed E-state index contributed by atoms with van der Waals surface area (Å²) in [4.78, 5) is 6.70. The van der Waals surface area contributed by atoms with Gasteiger partial charge in [0, 0.05) is 0 Å². The lowest BCUT2D eigenvalue weighted by Gasteiger charge is -2.12. The zero-order valence-corrected chi connectivity index (χ0v) is 7.41. The minimum atomic E-state index is -0.983. The number of hydrogen-bond donors (Lipinski definition) is 3. The fourth-order valence-corrected chi connectivity index (χ4v) is 1.05. The van der Waals surface area contributed by atoms with Gasteiger partial charge in [-0.05, 0) is 6.92 Å². The predicted octanol–water partition coefficient (Wildman–Crippen LogP) is 0.351. The highest BCUT2D eigenvalue weighted by atomic mass is 35.5. The summed E-state index contributed by atoms with van der Waals surface area (Å²) in [5, 5.41) is 18.6. The van der Waals surface area contributed by atoms with Crippen LogP contribution in [-0.2, 0) is 0 Å². The molecule has 2 unspecified atom stereocenters. The molecule has 0 spiro atoms. The van der Waals surface area contributed by atoms with E-state index in [9.17, 15) is 5.11 Å². The molecule has 1 heterocycles. The van der Waals surface area contributed by atoms with Crippen LogP contribution >= 0.6 is 11.6 Å². The number of H-pyrrole nitrogens is 1. The summed E-state index contributed by atoms with van der Waals surface area (Å²) in [6, 6.07) is 0. The third-order valence-corrected chi connectivity index (χ3v) is 1.88. The van der Waals surface area contributed by atoms with Crippen LogP contribution in [0.15, 0.2) is 6.20 Å². The largest absolute Gasteiger partial charge is 0.389 e. The molecule has 0 saturated carbocycles. The van der Waals surface area contributed by atoms with Gasteiger partial charge < -0.3 is 15.2 Å². The summed E-state index contributed by atoms with van der Waals surface area (Å²) in [7, 11) is 0. The minimum absolute atomic E-state index is 0.000760. The van der Waals surface area contributed by atoms with Crippen molar-refractivity contribution < 1.29 is 10.2 Å². The van der Waals surface area contributed by atoms with Crippen molar-refractivity contribution in [2.75, 3.05) is 5.88 Å². The number of nitrogens with zero attached hydrogens (tertiary/aromatic N) is 1. The van der Waals surface area contributed by atoms with Gasteiger partial charge in [-0.25, -0.2) is 4.98 Å². The Hall–Kier alpha value is -0.580. The second-order valence-corrected chi connectivity index (χ2v) is 2.90. The van der Waals surface area contributed by atoms with Crippen LogP contribution in [0.5, 0.6) is 0 Å². The van der Waals surface area contributed by atoms with Crippen molar-refractivity contribution in [1.29, 1.82) is 0 Å². The zero-order valence-electron chi connectivity index (χ0n) is 6.66. The van der Waals surface area contributed by atoms with Crippen LogP contribution in [0.2, 0.25) is 0 Å². The molecule has 1 aromatic rings. The third kappa shape index (κ3) is 1.97. The van der Waals surface area contributed by atoms with Gasteiger partial charge in [-0.3, -0.25) is 0 Å². The summed E-state index contributed by atoms with van der Waals surface area (Å²) in [5.74, 6) is 0.699. The van der Waals surface area contributed by atoms with Crippen LogP contribution in [0.1, 0.15) is 17.6 Å². The summed E-state index contributed by atoms with van der Waals surface area (Å²) in [5.41, 5.74) is 0.487. The molecule has 5 heteroatoms. The zero-order chi connectivity index (χ0) is 9.14. The molecule has 0 aromatic carbocycles. The molecule has 2 atom stereocenters. The Kier molecular flexibility index (Phi) is 3.08. The molecule has 68 valence electrons. The lowest BCUT2D eigenvalue weighted by molar-refractivity contribution is 0.0302. The van der Waals surface area contributed by atoms with Crippen molar-refractivity contribution in [3.63, 3.8) is 0 Å². The Bertz CT molecular complexity index is 251. The van der Waals surface area contributed by atoms with E-state index in [1.807, 2.05) is 0 Å². The molecule has 0 amide bonds. The molecule has 0 aliphatic heterocycles. The topological polar surface area (TPSA) is 69.1 Å². The predicted molar refractivity (Wildman–Crippen MR) is 45.0 cm³/mol. The van der Waals surface area contributed by atoms with E-state index in [-0.39, 0.29) is 5.88 Å². The standard InChI is InChI=1S/C7H11ClN2O2/c1-4-9-3-5(10-4)7(12)6(11)2-8/h3,6-7,11-12H,2H2,1H3,(H,9,10). The first-order valence-corrected chi connectivity index (χ1v) is 4.12. The number of halogens is 1. The van der Waals surface area contributed by atoms with Gasteiger partial charge in [0.2, 0.25) is 0 Å². The molecule has 3 N–H and O–H groups in total. The third-order valence-electron chi connectivity index (χ3n) is 1.56. The summed E-state index contributed by atoms with van der Waals surface area (Å²) in [6.45, 7) is 1.77. The van der Waals surface area contributed by atoms with Crippen molar-refractivity contribution in [2.24, 2.45) is 0 Å². The van der Waals surface area contributed by atoms with Crippen LogP contribution in [0, 0.1) is 6.92 Å². The number of aliphatic hydroxyl groups is 2. The van der Waals surface area contributed by atoms with Crippen LogP contribution < -0.4 is 0 Å². The second kappa shape index (κ2) is 3.89. The van der Waals surface area contributed by atoms with Crippen molar-refractivity contribution >= 4 is 11.6 Å². The molecular formula is C7H11ClN2O2. The molecule has 4 nitrogen and oxygen atoms in total. The number of hydrogen-bond acceptors (Lipinski definition) is 3. The fraction of sp³-hybridized carbons (Fsp3) is 0.571. The van der Waals surface area contributed by atoms with Crippen LogP contribution in [0.25, 0.3) is 0 Å². The van der Waals surface area contributed by atoms with E-state index in [1.54, 1.807) is 6.92 Å². The molecule has 0 aliphatic rings. The minimum Gasteiger partial charge on any atom is -0.389 e. The molecule has 12 heavy (non-hydrogen) atoms. The van der Waals surface area contributed by atoms with Crippen molar-refractivity contribution in [1.82, 2.24) is 9.97 Å². The maximum Gasteiger partial charge on any atom is 0.122 e. The Morgan fingerprint density at radius 2 is 2.33 bits per heavy atom. The number of aromatic amines is 1. The van der Waals surface area contributed by atoms with Crippen molar-refractivity contribution in [3.8, 4) is 0 Å². The van der Waals surface area contributed by atoms with Crippen LogP contribution in [-0.4, -0.2) is 32.2 Å². The Labute approximate surface area is 75.2 Å². The molecular weight excluding hydrogens is 180 g/mol. The molecule has 1 rings (SSSR count). The lowest BCUT2D eigenvalue weighted by Crippen LogP contribution is -2.19. The molecule has 0 saturated heterocycles. The summed E-state index contributed by atoms with van der Waals surface area (Å²) < 4.78 is 0. The molecule has 0 aliphatic carbocycles. The van der Waals surface area contributed by atoms with Crippen LogP contribution in [0.3, 0.4) is 0 Å². The molecule has 0 bridgehead atoms. The fourth-order valence-electron chi connectivity index (χ4n) is 0.882. The average molecular weight is 191 g/mol. The van der Waals surface area contributed by atoms with Gasteiger partial charge in [0.15, 0.2) is 0 Å². The van der Waals surface area contributed by atoms with Gasteiger partial charge in [0.05, 0.1) is 23.9 Å². The van der Waals surface area contributed by atoms with E-state index in [0.29, 0.717) is 11.5 Å². The van der Waals surface area contributed by atoms with Gasteiger partial charge >= 0.3 is 0 Å². The number of nitrogens with one attached hydrogen (secondary N) is 1. The molecule has 0 fully saturated rings. The molecule has 1 aromatic heterocycles. The van der Waals surface area contributed by atoms with Gasteiger partial charge in [-0.15, -0.1) is 11.6 Å². The lowest BCUT2D eigenvalue weighted by atomic mass is 10.2. The Morgan fingerprint density at radius 3 is 2.75 bits per heavy atom. The highest BCUT2D eigenvalue weighted by Gasteiger charge is 2.18. The molecule has 0 radical (unpaired) electrons. The van der Waals surface area contributed by atoms with E-state index < -0.39 is 12.2 Å². The number of aromatic nitrogens is 2. The highest BCUT2D eigenvalue weighted by molar-refractivity contribution is 6.18. The SMILES string of the molecule is Cc1ncc(C(O)C(O)CCl)[nH]1. The first-order valence-electron chi connectivity index (χ1n) is 3.58. The monoisotopic (exact) mass is 190 g/mol. The number of rotatable bonds is 3. The van der Waals surface area contributed by atoms with Gasteiger partial charge in [-0.1, -0.05) is 0 Å².